The molecule has 2 aromatic carbocycles. The highest BCUT2D eigenvalue weighted by atomic mass is 16.5. The van der Waals surface area contributed by atoms with Crippen molar-refractivity contribution in [3.8, 4) is 5.75 Å². The predicted molar refractivity (Wildman–Crippen MR) is 103 cm³/mol. The van der Waals surface area contributed by atoms with Crippen molar-refractivity contribution in [2.45, 2.75) is 32.2 Å². The average molecular weight is 354 g/mol. The molecule has 0 spiro atoms. The standard InChI is InChI=1S/C21H26N2O3/c1-16-2-8-20(9-3-16)26-15-12-17-4-6-18(7-5-17)22-19-10-13-23(14-11-19)21(24)25/h2-9,19,22H,10-15H2,1H3,(H,24,25). The maximum absolute atomic E-state index is 10.9. The number of carbonyl (C=O) groups is 1. The molecule has 5 nitrogen and oxygen atoms in total. The molecule has 0 radical (unpaired) electrons. The summed E-state index contributed by atoms with van der Waals surface area (Å²) in [4.78, 5) is 12.4. The number of ether oxygens (including phenoxy) is 1. The number of anilines is 1. The molecule has 0 saturated carbocycles. The molecule has 3 rings (SSSR count). The fourth-order valence-corrected chi connectivity index (χ4v) is 3.14. The largest absolute Gasteiger partial charge is 0.493 e. The smallest absolute Gasteiger partial charge is 0.407 e. The Labute approximate surface area is 154 Å². The number of carboxylic acid groups (broad SMARTS) is 1. The molecule has 138 valence electrons. The first-order chi connectivity index (χ1) is 12.6. The fraction of sp³-hybridized carbons (Fsp3) is 0.381. The highest BCUT2D eigenvalue weighted by molar-refractivity contribution is 5.65. The van der Waals surface area contributed by atoms with Gasteiger partial charge < -0.3 is 20.1 Å². The Bertz CT molecular complexity index is 705. The molecule has 1 amide bonds. The van der Waals surface area contributed by atoms with E-state index < -0.39 is 6.09 Å². The quantitative estimate of drug-likeness (QED) is 0.817. The third-order valence-electron chi connectivity index (χ3n) is 4.77. The molecular weight excluding hydrogens is 328 g/mol. The topological polar surface area (TPSA) is 61.8 Å². The van der Waals surface area contributed by atoms with Gasteiger partial charge in [0.2, 0.25) is 0 Å². The number of rotatable bonds is 6. The summed E-state index contributed by atoms with van der Waals surface area (Å²) in [6, 6.07) is 16.8. The summed E-state index contributed by atoms with van der Waals surface area (Å²) in [5.41, 5.74) is 3.56. The zero-order valence-corrected chi connectivity index (χ0v) is 15.1. The summed E-state index contributed by atoms with van der Waals surface area (Å²) in [7, 11) is 0. The molecule has 1 aliphatic heterocycles. The molecule has 26 heavy (non-hydrogen) atoms. The third-order valence-corrected chi connectivity index (χ3v) is 4.77. The van der Waals surface area contributed by atoms with Crippen molar-refractivity contribution in [2.75, 3.05) is 25.0 Å². The van der Waals surface area contributed by atoms with E-state index in [1.807, 2.05) is 12.1 Å². The van der Waals surface area contributed by atoms with Gasteiger partial charge in [-0.3, -0.25) is 0 Å². The SMILES string of the molecule is Cc1ccc(OCCc2ccc(NC3CCN(C(=O)O)CC3)cc2)cc1. The molecule has 5 heteroatoms. The van der Waals surface area contributed by atoms with Crippen LogP contribution in [0.15, 0.2) is 48.5 Å². The Morgan fingerprint density at radius 3 is 2.38 bits per heavy atom. The summed E-state index contributed by atoms with van der Waals surface area (Å²) in [5, 5.41) is 12.5. The van der Waals surface area contributed by atoms with Gasteiger partial charge in [0, 0.05) is 31.2 Å². The van der Waals surface area contributed by atoms with Crippen LogP contribution in [-0.2, 0) is 6.42 Å². The zero-order chi connectivity index (χ0) is 18.4. The van der Waals surface area contributed by atoms with Crippen molar-refractivity contribution in [2.24, 2.45) is 0 Å². The van der Waals surface area contributed by atoms with Crippen LogP contribution in [0.1, 0.15) is 24.0 Å². The summed E-state index contributed by atoms with van der Waals surface area (Å²) in [5.74, 6) is 0.904. The second-order valence-corrected chi connectivity index (χ2v) is 6.80. The number of piperidine rings is 1. The van der Waals surface area contributed by atoms with Gasteiger partial charge in [-0.15, -0.1) is 0 Å². The summed E-state index contributed by atoms with van der Waals surface area (Å²) in [6.07, 6.45) is 1.74. The molecule has 0 atom stereocenters. The number of likely N-dealkylation sites (tertiary alicyclic amines) is 1. The maximum Gasteiger partial charge on any atom is 0.407 e. The van der Waals surface area contributed by atoms with Crippen LogP contribution in [0.2, 0.25) is 0 Å². The number of benzene rings is 2. The molecule has 0 aliphatic carbocycles. The van der Waals surface area contributed by atoms with Crippen LogP contribution in [0, 0.1) is 6.92 Å². The van der Waals surface area contributed by atoms with Crippen LogP contribution in [0.5, 0.6) is 5.75 Å². The van der Waals surface area contributed by atoms with E-state index in [-0.39, 0.29) is 0 Å². The minimum atomic E-state index is -0.819. The summed E-state index contributed by atoms with van der Waals surface area (Å²) >= 11 is 0. The van der Waals surface area contributed by atoms with Crippen LogP contribution in [0.25, 0.3) is 0 Å². The molecule has 0 unspecified atom stereocenters. The van der Waals surface area contributed by atoms with E-state index in [9.17, 15) is 4.79 Å². The van der Waals surface area contributed by atoms with E-state index in [4.69, 9.17) is 9.84 Å². The molecule has 2 aromatic rings. The first-order valence-electron chi connectivity index (χ1n) is 9.13. The van der Waals surface area contributed by atoms with Crippen LogP contribution >= 0.6 is 0 Å². The minimum Gasteiger partial charge on any atom is -0.493 e. The molecule has 1 aliphatic rings. The molecule has 1 fully saturated rings. The fourth-order valence-electron chi connectivity index (χ4n) is 3.14. The minimum absolute atomic E-state index is 0.335. The molecule has 0 bridgehead atoms. The van der Waals surface area contributed by atoms with Crippen LogP contribution < -0.4 is 10.1 Å². The third kappa shape index (κ3) is 5.15. The highest BCUT2D eigenvalue weighted by Crippen LogP contribution is 2.18. The number of hydrogen-bond acceptors (Lipinski definition) is 3. The lowest BCUT2D eigenvalue weighted by Gasteiger charge is -2.31. The van der Waals surface area contributed by atoms with Crippen LogP contribution in [0.3, 0.4) is 0 Å². The van der Waals surface area contributed by atoms with E-state index in [1.54, 1.807) is 0 Å². The Morgan fingerprint density at radius 2 is 1.77 bits per heavy atom. The van der Waals surface area contributed by atoms with Gasteiger partial charge in [-0.2, -0.15) is 0 Å². The monoisotopic (exact) mass is 354 g/mol. The van der Waals surface area contributed by atoms with Gasteiger partial charge in [0.1, 0.15) is 5.75 Å². The summed E-state index contributed by atoms with van der Waals surface area (Å²) < 4.78 is 5.78. The predicted octanol–water partition coefficient (Wildman–Crippen LogP) is 4.17. The average Bonchev–Trinajstić information content (AvgIpc) is 2.65. The number of hydrogen-bond donors (Lipinski definition) is 2. The van der Waals surface area contributed by atoms with Crippen molar-refractivity contribution in [1.82, 2.24) is 4.90 Å². The first kappa shape index (κ1) is 18.1. The van der Waals surface area contributed by atoms with Gasteiger partial charge >= 0.3 is 6.09 Å². The van der Waals surface area contributed by atoms with E-state index in [0.717, 1.165) is 30.7 Å². The molecular formula is C21H26N2O3. The number of nitrogens with one attached hydrogen (secondary N) is 1. The molecule has 1 heterocycles. The van der Waals surface area contributed by atoms with Crippen molar-refractivity contribution < 1.29 is 14.6 Å². The van der Waals surface area contributed by atoms with E-state index >= 15 is 0 Å². The van der Waals surface area contributed by atoms with Gasteiger partial charge in [-0.1, -0.05) is 29.8 Å². The molecule has 0 aromatic heterocycles. The van der Waals surface area contributed by atoms with Crippen LogP contribution in [-0.4, -0.2) is 41.8 Å². The van der Waals surface area contributed by atoms with E-state index in [0.29, 0.717) is 25.7 Å². The number of amides is 1. The van der Waals surface area contributed by atoms with Gasteiger partial charge in [0.25, 0.3) is 0 Å². The van der Waals surface area contributed by atoms with Gasteiger partial charge in [0.15, 0.2) is 0 Å². The zero-order valence-electron chi connectivity index (χ0n) is 15.1. The molecule has 1 saturated heterocycles. The Kier molecular flexibility index (Phi) is 6.00. The van der Waals surface area contributed by atoms with Crippen molar-refractivity contribution >= 4 is 11.8 Å². The van der Waals surface area contributed by atoms with E-state index in [1.165, 1.54) is 16.0 Å². The summed E-state index contributed by atoms with van der Waals surface area (Å²) in [6.45, 7) is 3.92. The Morgan fingerprint density at radius 1 is 1.12 bits per heavy atom. The number of aryl methyl sites for hydroxylation is 1. The highest BCUT2D eigenvalue weighted by Gasteiger charge is 2.21. The van der Waals surface area contributed by atoms with Crippen molar-refractivity contribution in [1.29, 1.82) is 0 Å². The van der Waals surface area contributed by atoms with Crippen molar-refractivity contribution in [3.05, 3.63) is 59.7 Å². The lowest BCUT2D eigenvalue weighted by atomic mass is 10.0. The van der Waals surface area contributed by atoms with E-state index in [2.05, 4.69) is 48.6 Å². The van der Waals surface area contributed by atoms with Crippen LogP contribution in [0.4, 0.5) is 10.5 Å². The lowest BCUT2D eigenvalue weighted by Crippen LogP contribution is -2.41. The first-order valence-corrected chi connectivity index (χ1v) is 9.13. The lowest BCUT2D eigenvalue weighted by molar-refractivity contribution is 0.134. The number of nitrogens with zero attached hydrogens (tertiary/aromatic N) is 1. The normalized spacial score (nSPS) is 14.9. The second kappa shape index (κ2) is 8.61. The second-order valence-electron chi connectivity index (χ2n) is 6.80. The van der Waals surface area contributed by atoms with Crippen molar-refractivity contribution in [3.63, 3.8) is 0 Å². The maximum atomic E-state index is 10.9. The van der Waals surface area contributed by atoms with Gasteiger partial charge in [-0.25, -0.2) is 4.79 Å². The molecule has 2 N–H and O–H groups in total. The Hall–Kier alpha value is -2.69. The van der Waals surface area contributed by atoms with Gasteiger partial charge in [0.05, 0.1) is 6.61 Å². The van der Waals surface area contributed by atoms with Gasteiger partial charge in [-0.05, 0) is 49.6 Å². The Balaban J connectivity index is 1.42.